The molecule has 1 aliphatic rings. The summed E-state index contributed by atoms with van der Waals surface area (Å²) in [6, 6.07) is 7.83. The van der Waals surface area contributed by atoms with E-state index >= 15 is 0 Å². The molecular formula is C15H21NO3. The van der Waals surface area contributed by atoms with Crippen LogP contribution in [0.4, 0.5) is 0 Å². The van der Waals surface area contributed by atoms with E-state index in [1.807, 2.05) is 18.2 Å². The molecule has 19 heavy (non-hydrogen) atoms. The quantitative estimate of drug-likeness (QED) is 0.755. The Bertz CT molecular complexity index is 429. The topological polar surface area (TPSA) is 58.6 Å². The van der Waals surface area contributed by atoms with E-state index in [0.29, 0.717) is 19.1 Å². The fourth-order valence-electron chi connectivity index (χ4n) is 1.96. The summed E-state index contributed by atoms with van der Waals surface area (Å²) >= 11 is 0. The van der Waals surface area contributed by atoms with Gasteiger partial charge in [0.2, 0.25) is 0 Å². The number of ether oxygens (including phenoxy) is 1. The van der Waals surface area contributed by atoms with Crippen molar-refractivity contribution in [2.75, 3.05) is 6.61 Å². The van der Waals surface area contributed by atoms with E-state index in [0.717, 1.165) is 25.0 Å². The van der Waals surface area contributed by atoms with Gasteiger partial charge in [-0.25, -0.2) is 0 Å². The molecule has 1 unspecified atom stereocenters. The molecule has 1 saturated carbocycles. The molecule has 2 rings (SSSR count). The first-order valence-electron chi connectivity index (χ1n) is 6.89. The predicted octanol–water partition coefficient (Wildman–Crippen LogP) is 2.22. The number of aliphatic carboxylic acids is 1. The van der Waals surface area contributed by atoms with Crippen molar-refractivity contribution in [1.29, 1.82) is 0 Å². The van der Waals surface area contributed by atoms with Gasteiger partial charge in [-0.05, 0) is 37.0 Å². The Morgan fingerprint density at radius 2 is 2.32 bits per heavy atom. The van der Waals surface area contributed by atoms with Crippen molar-refractivity contribution in [3.63, 3.8) is 0 Å². The minimum Gasteiger partial charge on any atom is -0.494 e. The monoisotopic (exact) mass is 263 g/mol. The van der Waals surface area contributed by atoms with E-state index in [2.05, 4.69) is 18.3 Å². The van der Waals surface area contributed by atoms with Crippen LogP contribution in [0.15, 0.2) is 24.3 Å². The zero-order valence-electron chi connectivity index (χ0n) is 11.3. The molecule has 0 bridgehead atoms. The van der Waals surface area contributed by atoms with Gasteiger partial charge in [0.25, 0.3) is 0 Å². The smallest absolute Gasteiger partial charge is 0.320 e. The molecule has 104 valence electrons. The molecule has 4 nitrogen and oxygen atoms in total. The highest BCUT2D eigenvalue weighted by Gasteiger charge is 2.27. The lowest BCUT2D eigenvalue weighted by molar-refractivity contribution is -0.139. The van der Waals surface area contributed by atoms with Crippen molar-refractivity contribution in [1.82, 2.24) is 5.32 Å². The van der Waals surface area contributed by atoms with E-state index in [4.69, 9.17) is 9.84 Å². The second-order valence-corrected chi connectivity index (χ2v) is 4.97. The summed E-state index contributed by atoms with van der Waals surface area (Å²) < 4.78 is 5.63. The van der Waals surface area contributed by atoms with Crippen LogP contribution in [-0.2, 0) is 11.2 Å². The van der Waals surface area contributed by atoms with Gasteiger partial charge in [0.1, 0.15) is 11.8 Å². The molecule has 4 heteroatoms. The SMILES string of the molecule is CCc1cccc(OCCC(NC2CC2)C(=O)O)c1. The second-order valence-electron chi connectivity index (χ2n) is 4.97. The third kappa shape index (κ3) is 4.56. The maximum Gasteiger partial charge on any atom is 0.320 e. The fourth-order valence-corrected chi connectivity index (χ4v) is 1.96. The highest BCUT2D eigenvalue weighted by Crippen LogP contribution is 2.20. The van der Waals surface area contributed by atoms with Crippen LogP contribution in [0.3, 0.4) is 0 Å². The Labute approximate surface area is 113 Å². The molecule has 1 atom stereocenters. The van der Waals surface area contributed by atoms with Gasteiger partial charge in [0.15, 0.2) is 0 Å². The summed E-state index contributed by atoms with van der Waals surface area (Å²) in [5.74, 6) is 0.0210. The highest BCUT2D eigenvalue weighted by molar-refractivity contribution is 5.73. The van der Waals surface area contributed by atoms with Crippen LogP contribution in [-0.4, -0.2) is 29.8 Å². The first-order valence-corrected chi connectivity index (χ1v) is 6.89. The van der Waals surface area contributed by atoms with Gasteiger partial charge in [-0.15, -0.1) is 0 Å². The summed E-state index contributed by atoms with van der Waals surface area (Å²) in [5, 5.41) is 12.2. The predicted molar refractivity (Wildman–Crippen MR) is 73.5 cm³/mol. The molecule has 0 radical (unpaired) electrons. The van der Waals surface area contributed by atoms with E-state index in [-0.39, 0.29) is 0 Å². The van der Waals surface area contributed by atoms with Gasteiger partial charge in [-0.2, -0.15) is 0 Å². The van der Waals surface area contributed by atoms with Crippen molar-refractivity contribution in [3.05, 3.63) is 29.8 Å². The molecule has 0 amide bonds. The van der Waals surface area contributed by atoms with E-state index in [9.17, 15) is 4.79 Å². The molecule has 0 aromatic heterocycles. The summed E-state index contributed by atoms with van der Waals surface area (Å²) in [4.78, 5) is 11.1. The summed E-state index contributed by atoms with van der Waals surface area (Å²) in [7, 11) is 0. The van der Waals surface area contributed by atoms with Crippen LogP contribution in [0.5, 0.6) is 5.75 Å². The highest BCUT2D eigenvalue weighted by atomic mass is 16.5. The zero-order chi connectivity index (χ0) is 13.7. The van der Waals surface area contributed by atoms with Crippen molar-refractivity contribution in [2.45, 2.75) is 44.7 Å². The number of carbonyl (C=O) groups is 1. The lowest BCUT2D eigenvalue weighted by atomic mass is 10.1. The third-order valence-electron chi connectivity index (χ3n) is 3.29. The average Bonchev–Trinajstić information content (AvgIpc) is 3.21. The van der Waals surface area contributed by atoms with Gasteiger partial charge < -0.3 is 15.2 Å². The van der Waals surface area contributed by atoms with Gasteiger partial charge in [0.05, 0.1) is 6.61 Å². The van der Waals surface area contributed by atoms with Crippen LogP contribution in [0.2, 0.25) is 0 Å². The Hall–Kier alpha value is -1.55. The van der Waals surface area contributed by atoms with E-state index < -0.39 is 12.0 Å². The van der Waals surface area contributed by atoms with Gasteiger partial charge in [-0.3, -0.25) is 4.79 Å². The van der Waals surface area contributed by atoms with Crippen molar-refractivity contribution in [3.8, 4) is 5.75 Å². The Balaban J connectivity index is 1.78. The van der Waals surface area contributed by atoms with Gasteiger partial charge in [0, 0.05) is 12.5 Å². The lowest BCUT2D eigenvalue weighted by Gasteiger charge is -2.14. The molecule has 1 fully saturated rings. The standard InChI is InChI=1S/C15H21NO3/c1-2-11-4-3-5-13(10-11)19-9-8-14(15(17)18)16-12-6-7-12/h3-5,10,12,14,16H,2,6-9H2,1H3,(H,17,18). The molecular weight excluding hydrogens is 242 g/mol. The number of rotatable bonds is 8. The molecule has 1 aliphatic carbocycles. The van der Waals surface area contributed by atoms with Crippen LogP contribution < -0.4 is 10.1 Å². The van der Waals surface area contributed by atoms with Gasteiger partial charge in [-0.1, -0.05) is 19.1 Å². The van der Waals surface area contributed by atoms with Crippen molar-refractivity contribution >= 4 is 5.97 Å². The van der Waals surface area contributed by atoms with Crippen LogP contribution in [0.1, 0.15) is 31.7 Å². The van der Waals surface area contributed by atoms with Crippen molar-refractivity contribution < 1.29 is 14.6 Å². The van der Waals surface area contributed by atoms with Crippen molar-refractivity contribution in [2.24, 2.45) is 0 Å². The number of benzene rings is 1. The van der Waals surface area contributed by atoms with E-state index in [1.54, 1.807) is 0 Å². The number of aryl methyl sites for hydroxylation is 1. The first kappa shape index (κ1) is 13.9. The molecule has 0 heterocycles. The number of nitrogens with one attached hydrogen (secondary N) is 1. The largest absolute Gasteiger partial charge is 0.494 e. The first-order chi connectivity index (χ1) is 9.19. The molecule has 0 spiro atoms. The maximum absolute atomic E-state index is 11.1. The zero-order valence-corrected chi connectivity index (χ0v) is 11.3. The van der Waals surface area contributed by atoms with Crippen LogP contribution in [0.25, 0.3) is 0 Å². The average molecular weight is 263 g/mol. The molecule has 2 N–H and O–H groups in total. The minimum atomic E-state index is -0.794. The Morgan fingerprint density at radius 3 is 2.95 bits per heavy atom. The number of hydrogen-bond donors (Lipinski definition) is 2. The molecule has 1 aromatic rings. The molecule has 0 aliphatic heterocycles. The van der Waals surface area contributed by atoms with E-state index in [1.165, 1.54) is 5.56 Å². The number of hydrogen-bond acceptors (Lipinski definition) is 3. The summed E-state index contributed by atoms with van der Waals surface area (Å²) in [6.45, 7) is 2.52. The Kier molecular flexibility index (Phi) is 4.80. The number of carboxylic acids is 1. The minimum absolute atomic E-state index is 0.393. The second kappa shape index (κ2) is 6.57. The summed E-state index contributed by atoms with van der Waals surface area (Å²) in [5.41, 5.74) is 1.23. The van der Waals surface area contributed by atoms with Gasteiger partial charge >= 0.3 is 5.97 Å². The maximum atomic E-state index is 11.1. The molecule has 1 aromatic carbocycles. The fraction of sp³-hybridized carbons (Fsp3) is 0.533. The molecule has 0 saturated heterocycles. The van der Waals surface area contributed by atoms with Crippen LogP contribution in [0, 0.1) is 0 Å². The summed E-state index contributed by atoms with van der Waals surface area (Å²) in [6.07, 6.45) is 3.63. The number of carboxylic acid groups (broad SMARTS) is 1. The third-order valence-corrected chi connectivity index (χ3v) is 3.29. The van der Waals surface area contributed by atoms with Crippen LogP contribution >= 0.6 is 0 Å². The Morgan fingerprint density at radius 1 is 1.53 bits per heavy atom. The lowest BCUT2D eigenvalue weighted by Crippen LogP contribution is -2.39. The normalized spacial score (nSPS) is 16.1.